The van der Waals surface area contributed by atoms with Crippen LogP contribution in [0.4, 0.5) is 0 Å². The number of rotatable bonds is 11. The molecular formula is C22H29NO9S. The first-order chi connectivity index (χ1) is 15.6. The highest BCUT2D eigenvalue weighted by atomic mass is 32.2. The van der Waals surface area contributed by atoms with Gasteiger partial charge in [-0.2, -0.15) is 0 Å². The van der Waals surface area contributed by atoms with Crippen LogP contribution >= 0.6 is 0 Å². The summed E-state index contributed by atoms with van der Waals surface area (Å²) in [6.07, 6.45) is 1.01. The monoisotopic (exact) mass is 483 g/mol. The Kier molecular flexibility index (Phi) is 12.5. The summed E-state index contributed by atoms with van der Waals surface area (Å²) in [7, 11) is 0.481. The summed E-state index contributed by atoms with van der Waals surface area (Å²) in [5, 5.41) is 27.9. The van der Waals surface area contributed by atoms with Crippen LogP contribution in [0.3, 0.4) is 0 Å². The van der Waals surface area contributed by atoms with Crippen LogP contribution in [0.5, 0.6) is 17.2 Å². The van der Waals surface area contributed by atoms with Gasteiger partial charge in [-0.25, -0.2) is 9.59 Å². The van der Waals surface area contributed by atoms with Crippen LogP contribution in [0.15, 0.2) is 47.4 Å². The van der Waals surface area contributed by atoms with E-state index in [9.17, 15) is 9.32 Å². The normalized spacial score (nSPS) is 12.0. The molecule has 2 unspecified atom stereocenters. The van der Waals surface area contributed by atoms with Crippen LogP contribution in [0.25, 0.3) is 0 Å². The number of benzene rings is 2. The van der Waals surface area contributed by atoms with Crippen molar-refractivity contribution in [2.75, 3.05) is 39.7 Å². The molecule has 10 nitrogen and oxygen atoms in total. The Balaban J connectivity index is 0.000000801. The van der Waals surface area contributed by atoms with Gasteiger partial charge < -0.3 is 34.8 Å². The van der Waals surface area contributed by atoms with Gasteiger partial charge in [0, 0.05) is 41.1 Å². The number of aliphatic hydroxyl groups is 1. The van der Waals surface area contributed by atoms with E-state index in [1.54, 1.807) is 31.6 Å². The number of aryl methyl sites for hydroxylation is 1. The lowest BCUT2D eigenvalue weighted by Crippen LogP contribution is -2.33. The number of carbonyl (C=O) groups is 2. The minimum atomic E-state index is -1.82. The van der Waals surface area contributed by atoms with Crippen LogP contribution in [0, 0.1) is 6.92 Å². The molecule has 2 atom stereocenters. The number of nitrogens with one attached hydrogen (secondary N) is 1. The third kappa shape index (κ3) is 10.8. The molecule has 4 N–H and O–H groups in total. The van der Waals surface area contributed by atoms with Crippen molar-refractivity contribution in [2.45, 2.75) is 17.9 Å². The third-order valence-electron chi connectivity index (χ3n) is 4.09. The lowest BCUT2D eigenvalue weighted by atomic mass is 10.2. The highest BCUT2D eigenvalue weighted by molar-refractivity contribution is 7.84. The molecule has 11 heteroatoms. The summed E-state index contributed by atoms with van der Waals surface area (Å²) in [5.41, 5.74) is 1.04. The molecule has 33 heavy (non-hydrogen) atoms. The second kappa shape index (κ2) is 14.8. The molecule has 0 saturated heterocycles. The molecule has 0 amide bonds. The Labute approximate surface area is 194 Å². The fourth-order valence-electron chi connectivity index (χ4n) is 2.41. The van der Waals surface area contributed by atoms with Crippen molar-refractivity contribution in [3.63, 3.8) is 0 Å². The van der Waals surface area contributed by atoms with Crippen molar-refractivity contribution in [3.05, 3.63) is 48.0 Å². The highest BCUT2D eigenvalue weighted by Crippen LogP contribution is 2.28. The van der Waals surface area contributed by atoms with Crippen molar-refractivity contribution in [2.24, 2.45) is 0 Å². The number of methoxy groups -OCH3 is 1. The van der Waals surface area contributed by atoms with Gasteiger partial charge in [0.25, 0.3) is 0 Å². The second-order valence-electron chi connectivity index (χ2n) is 6.66. The van der Waals surface area contributed by atoms with Crippen LogP contribution in [-0.4, -0.2) is 77.2 Å². The maximum Gasteiger partial charge on any atom is 0.414 e. The van der Waals surface area contributed by atoms with E-state index >= 15 is 0 Å². The quantitative estimate of drug-likeness (QED) is 0.272. The van der Waals surface area contributed by atoms with Gasteiger partial charge in [0.15, 0.2) is 11.5 Å². The second-order valence-corrected chi connectivity index (χ2v) is 8.04. The summed E-state index contributed by atoms with van der Waals surface area (Å²) in [6, 6.07) is 12.9. The fraction of sp³-hybridized carbons (Fsp3) is 0.364. The first kappa shape index (κ1) is 27.9. The molecule has 0 aliphatic heterocycles. The molecule has 0 aromatic heterocycles. The molecule has 2 aromatic rings. The Bertz CT molecular complexity index is 924. The predicted molar refractivity (Wildman–Crippen MR) is 122 cm³/mol. The average Bonchev–Trinajstić information content (AvgIpc) is 2.78. The van der Waals surface area contributed by atoms with E-state index in [2.05, 4.69) is 5.32 Å². The maximum absolute atomic E-state index is 11.5. The van der Waals surface area contributed by atoms with Crippen molar-refractivity contribution in [3.8, 4) is 17.2 Å². The van der Waals surface area contributed by atoms with Gasteiger partial charge in [-0.05, 0) is 30.7 Å². The van der Waals surface area contributed by atoms with Gasteiger partial charge in [0.05, 0.1) is 7.11 Å². The molecule has 0 fully saturated rings. The first-order valence-corrected chi connectivity index (χ1v) is 11.4. The Morgan fingerprint density at radius 2 is 1.70 bits per heavy atom. The summed E-state index contributed by atoms with van der Waals surface area (Å²) >= 11 is 0. The zero-order valence-corrected chi connectivity index (χ0v) is 19.5. The van der Waals surface area contributed by atoms with Gasteiger partial charge in [0.2, 0.25) is 0 Å². The van der Waals surface area contributed by atoms with Gasteiger partial charge in [-0.1, -0.05) is 18.2 Å². The largest absolute Gasteiger partial charge is 0.493 e. The number of hydrogen-bond acceptors (Lipinski definition) is 8. The zero-order chi connectivity index (χ0) is 24.8. The van der Waals surface area contributed by atoms with E-state index in [0.717, 1.165) is 11.3 Å². The van der Waals surface area contributed by atoms with Crippen LogP contribution in [-0.2, 0) is 20.4 Å². The van der Waals surface area contributed by atoms with Crippen LogP contribution < -0.4 is 19.5 Å². The van der Waals surface area contributed by atoms with E-state index in [1.165, 1.54) is 0 Å². The predicted octanol–water partition coefficient (Wildman–Crippen LogP) is 1.30. The minimum absolute atomic E-state index is 0.224. The molecule has 182 valence electrons. The molecular weight excluding hydrogens is 454 g/mol. The van der Waals surface area contributed by atoms with E-state index in [1.807, 2.05) is 31.2 Å². The summed E-state index contributed by atoms with van der Waals surface area (Å²) in [4.78, 5) is 18.9. The number of ether oxygens (including phenoxy) is 3. The lowest BCUT2D eigenvalue weighted by Gasteiger charge is -2.15. The highest BCUT2D eigenvalue weighted by Gasteiger charge is 2.09. The van der Waals surface area contributed by atoms with Crippen molar-refractivity contribution >= 4 is 22.7 Å². The summed E-state index contributed by atoms with van der Waals surface area (Å²) in [5.74, 6) is -1.72. The Hall–Kier alpha value is -3.15. The summed E-state index contributed by atoms with van der Waals surface area (Å²) in [6.45, 7) is 3.57. The molecule has 0 aliphatic carbocycles. The molecule has 0 spiro atoms. The zero-order valence-electron chi connectivity index (χ0n) is 18.6. The Morgan fingerprint density at radius 3 is 2.27 bits per heavy atom. The number of carboxylic acids is 2. The number of carboxylic acid groups (broad SMARTS) is 2. The van der Waals surface area contributed by atoms with E-state index < -0.39 is 28.8 Å². The molecule has 2 aromatic carbocycles. The van der Waals surface area contributed by atoms with E-state index in [0.29, 0.717) is 36.1 Å². The standard InChI is InChI=1S/C20H27NO5S.C2H2O4/c1-15-6-4-5-7-18(15)26-14-16(22)13-21-10-11-25-19-9-8-17(27(3)23)12-20(19)24-2;3-1(4)2(5)6/h4-9,12,16,21-22H,10-11,13-14H2,1-3H3;(H,3,4)(H,5,6). The van der Waals surface area contributed by atoms with Crippen LogP contribution in [0.2, 0.25) is 0 Å². The molecule has 0 bridgehead atoms. The molecule has 0 aliphatic rings. The molecule has 0 radical (unpaired) electrons. The molecule has 0 saturated carbocycles. The van der Waals surface area contributed by atoms with E-state index in [-0.39, 0.29) is 6.61 Å². The SMILES string of the molecule is COc1cc(S(C)=O)ccc1OCCNCC(O)COc1ccccc1C.O=C(O)C(=O)O. The Morgan fingerprint density at radius 1 is 1.03 bits per heavy atom. The van der Waals surface area contributed by atoms with Gasteiger partial charge in [-0.3, -0.25) is 4.21 Å². The van der Waals surface area contributed by atoms with Gasteiger partial charge in [-0.15, -0.1) is 0 Å². The first-order valence-electron chi connectivity index (χ1n) is 9.83. The third-order valence-corrected chi connectivity index (χ3v) is 5.01. The van der Waals surface area contributed by atoms with Crippen molar-refractivity contribution in [1.82, 2.24) is 5.32 Å². The summed E-state index contributed by atoms with van der Waals surface area (Å²) < 4.78 is 28.1. The number of aliphatic hydroxyl groups excluding tert-OH is 1. The number of para-hydroxylation sites is 1. The molecule has 2 rings (SSSR count). The fourth-order valence-corrected chi connectivity index (χ4v) is 2.94. The van der Waals surface area contributed by atoms with Crippen molar-refractivity contribution < 1.29 is 43.3 Å². The minimum Gasteiger partial charge on any atom is -0.493 e. The topological polar surface area (TPSA) is 152 Å². The van der Waals surface area contributed by atoms with Gasteiger partial charge >= 0.3 is 11.9 Å². The maximum atomic E-state index is 11.5. The lowest BCUT2D eigenvalue weighted by molar-refractivity contribution is -0.159. The molecule has 0 heterocycles. The average molecular weight is 484 g/mol. The van der Waals surface area contributed by atoms with E-state index in [4.69, 9.17) is 34.0 Å². The number of hydrogen-bond donors (Lipinski definition) is 4. The van der Waals surface area contributed by atoms with Gasteiger partial charge in [0.1, 0.15) is 25.1 Å². The number of aliphatic carboxylic acids is 2. The van der Waals surface area contributed by atoms with Crippen LogP contribution in [0.1, 0.15) is 5.56 Å². The van der Waals surface area contributed by atoms with Crippen molar-refractivity contribution in [1.29, 1.82) is 0 Å². The smallest absolute Gasteiger partial charge is 0.414 e.